The second-order valence-corrected chi connectivity index (χ2v) is 6.30. The number of furan rings is 1. The fraction of sp³-hybridized carbons (Fsp3) is 0.421. The van der Waals surface area contributed by atoms with Gasteiger partial charge in [-0.15, -0.1) is 0 Å². The van der Waals surface area contributed by atoms with Crippen molar-refractivity contribution in [1.29, 1.82) is 0 Å². The number of benzene rings is 1. The van der Waals surface area contributed by atoms with Crippen molar-refractivity contribution >= 4 is 5.78 Å². The van der Waals surface area contributed by atoms with Crippen LogP contribution in [-0.4, -0.2) is 17.5 Å². The van der Waals surface area contributed by atoms with E-state index in [0.717, 1.165) is 23.1 Å². The third-order valence-corrected chi connectivity index (χ3v) is 4.47. The lowest BCUT2D eigenvalue weighted by Gasteiger charge is -2.26. The van der Waals surface area contributed by atoms with Gasteiger partial charge in [0.15, 0.2) is 0 Å². The Balaban J connectivity index is 2.16. The molecule has 0 amide bonds. The Bertz CT molecular complexity index is 590. The van der Waals surface area contributed by atoms with Crippen molar-refractivity contribution in [3.63, 3.8) is 0 Å². The van der Waals surface area contributed by atoms with Gasteiger partial charge in [0.05, 0.1) is 12.5 Å². The van der Waals surface area contributed by atoms with Crippen LogP contribution in [0.25, 0.3) is 11.1 Å². The van der Waals surface area contributed by atoms with Gasteiger partial charge in [-0.1, -0.05) is 37.6 Å². The average Bonchev–Trinajstić information content (AvgIpc) is 3.06. The topological polar surface area (TPSA) is 50.4 Å². The molecule has 2 aromatic rings. The maximum absolute atomic E-state index is 12.6. The van der Waals surface area contributed by atoms with Crippen LogP contribution in [0.5, 0.6) is 0 Å². The second-order valence-electron chi connectivity index (χ2n) is 6.30. The molecule has 0 aliphatic carbocycles. The van der Waals surface area contributed by atoms with Crippen LogP contribution in [0.3, 0.4) is 0 Å². The van der Waals surface area contributed by atoms with E-state index in [4.69, 9.17) is 4.42 Å². The third-order valence-electron chi connectivity index (χ3n) is 4.47. The van der Waals surface area contributed by atoms with Gasteiger partial charge in [0.2, 0.25) is 0 Å². The van der Waals surface area contributed by atoms with Crippen molar-refractivity contribution in [3.05, 3.63) is 48.4 Å². The van der Waals surface area contributed by atoms with Gasteiger partial charge in [-0.25, -0.2) is 0 Å². The third kappa shape index (κ3) is 3.47. The van der Waals surface area contributed by atoms with Crippen LogP contribution < -0.4 is 0 Å². The monoisotopic (exact) mass is 300 g/mol. The molecule has 1 atom stereocenters. The summed E-state index contributed by atoms with van der Waals surface area (Å²) in [6.07, 6.45) is 4.59. The number of hydrogen-bond donors (Lipinski definition) is 1. The highest BCUT2D eigenvalue weighted by Crippen LogP contribution is 2.30. The van der Waals surface area contributed by atoms with Crippen molar-refractivity contribution < 1.29 is 14.3 Å². The van der Waals surface area contributed by atoms with E-state index in [1.807, 2.05) is 51.1 Å². The molecule has 1 unspecified atom stereocenters. The number of aliphatic hydroxyl groups is 1. The summed E-state index contributed by atoms with van der Waals surface area (Å²) in [7, 11) is 0. The Morgan fingerprint density at radius 2 is 1.86 bits per heavy atom. The number of ketones is 1. The summed E-state index contributed by atoms with van der Waals surface area (Å²) in [6, 6.07) is 9.94. The Morgan fingerprint density at radius 3 is 2.36 bits per heavy atom. The summed E-state index contributed by atoms with van der Waals surface area (Å²) in [5.41, 5.74) is 2.56. The summed E-state index contributed by atoms with van der Waals surface area (Å²) in [4.78, 5) is 12.6. The second kappa shape index (κ2) is 6.93. The molecule has 0 saturated heterocycles. The van der Waals surface area contributed by atoms with E-state index in [0.29, 0.717) is 6.42 Å². The molecular formula is C19H24O3. The fourth-order valence-electron chi connectivity index (χ4n) is 2.52. The van der Waals surface area contributed by atoms with Gasteiger partial charge >= 0.3 is 0 Å². The normalized spacial score (nSPS) is 13.1. The zero-order chi connectivity index (χ0) is 16.2. The average molecular weight is 300 g/mol. The first kappa shape index (κ1) is 16.5. The van der Waals surface area contributed by atoms with Crippen LogP contribution in [-0.2, 0) is 10.2 Å². The van der Waals surface area contributed by atoms with E-state index in [1.54, 1.807) is 12.5 Å². The molecule has 1 aromatic heterocycles. The highest BCUT2D eigenvalue weighted by molar-refractivity contribution is 5.89. The number of Topliss-reactive ketones (excluding diaryl/α,β-unsaturated/α-hetero) is 1. The Labute approximate surface area is 132 Å². The highest BCUT2D eigenvalue weighted by atomic mass is 16.3. The lowest BCUT2D eigenvalue weighted by Crippen LogP contribution is -2.31. The molecule has 0 radical (unpaired) electrons. The van der Waals surface area contributed by atoms with Gasteiger partial charge in [-0.3, -0.25) is 4.79 Å². The lowest BCUT2D eigenvalue weighted by molar-refractivity contribution is -0.124. The van der Waals surface area contributed by atoms with Crippen molar-refractivity contribution in [2.75, 3.05) is 6.61 Å². The molecule has 22 heavy (non-hydrogen) atoms. The first-order valence-electron chi connectivity index (χ1n) is 7.76. The fourth-order valence-corrected chi connectivity index (χ4v) is 2.52. The Morgan fingerprint density at radius 1 is 1.18 bits per heavy atom. The smallest absolute Gasteiger partial charge is 0.143 e. The van der Waals surface area contributed by atoms with Gasteiger partial charge in [-0.05, 0) is 37.0 Å². The first-order valence-corrected chi connectivity index (χ1v) is 7.76. The minimum atomic E-state index is -0.544. The number of carbonyl (C=O) groups is 1. The number of carbonyl (C=O) groups excluding carboxylic acids is 1. The SMILES string of the molecule is CCC(CO)CC(=O)C(C)(C)c1ccc(-c2ccoc2)cc1. The van der Waals surface area contributed by atoms with Crippen LogP contribution in [0.2, 0.25) is 0 Å². The van der Waals surface area contributed by atoms with Crippen molar-refractivity contribution in [2.24, 2.45) is 5.92 Å². The molecule has 3 nitrogen and oxygen atoms in total. The van der Waals surface area contributed by atoms with Crippen LogP contribution in [0.4, 0.5) is 0 Å². The first-order chi connectivity index (χ1) is 10.5. The van der Waals surface area contributed by atoms with Crippen molar-refractivity contribution in [2.45, 2.75) is 39.0 Å². The van der Waals surface area contributed by atoms with Crippen LogP contribution in [0, 0.1) is 5.92 Å². The van der Waals surface area contributed by atoms with E-state index in [1.165, 1.54) is 0 Å². The molecule has 0 fully saturated rings. The molecule has 1 aromatic carbocycles. The standard InChI is InChI=1S/C19H24O3/c1-4-14(12-20)11-18(21)19(2,3)17-7-5-15(6-8-17)16-9-10-22-13-16/h5-10,13-14,20H,4,11-12H2,1-3H3. The maximum Gasteiger partial charge on any atom is 0.143 e. The zero-order valence-electron chi connectivity index (χ0n) is 13.5. The molecule has 1 N–H and O–H groups in total. The Kier molecular flexibility index (Phi) is 5.19. The van der Waals surface area contributed by atoms with Gasteiger partial charge in [-0.2, -0.15) is 0 Å². The van der Waals surface area contributed by atoms with E-state index < -0.39 is 5.41 Å². The minimum Gasteiger partial charge on any atom is -0.472 e. The summed E-state index contributed by atoms with van der Waals surface area (Å²) in [5.74, 6) is 0.224. The van der Waals surface area contributed by atoms with E-state index in [9.17, 15) is 9.90 Å². The number of hydrogen-bond acceptors (Lipinski definition) is 3. The highest BCUT2D eigenvalue weighted by Gasteiger charge is 2.30. The molecule has 0 aliphatic rings. The molecule has 1 heterocycles. The zero-order valence-corrected chi connectivity index (χ0v) is 13.5. The van der Waals surface area contributed by atoms with Gasteiger partial charge in [0.1, 0.15) is 5.78 Å². The van der Waals surface area contributed by atoms with Crippen molar-refractivity contribution in [3.8, 4) is 11.1 Å². The molecule has 0 aliphatic heterocycles. The van der Waals surface area contributed by atoms with E-state index >= 15 is 0 Å². The van der Waals surface area contributed by atoms with Gasteiger partial charge in [0.25, 0.3) is 0 Å². The number of rotatable bonds is 7. The largest absolute Gasteiger partial charge is 0.472 e. The van der Waals surface area contributed by atoms with Crippen LogP contribution in [0.1, 0.15) is 39.2 Å². The predicted molar refractivity (Wildman–Crippen MR) is 87.7 cm³/mol. The summed E-state index contributed by atoms with van der Waals surface area (Å²) in [6.45, 7) is 5.97. The predicted octanol–water partition coefficient (Wildman–Crippen LogP) is 4.20. The molecule has 0 bridgehead atoms. The summed E-state index contributed by atoms with van der Waals surface area (Å²) >= 11 is 0. The van der Waals surface area contributed by atoms with E-state index in [-0.39, 0.29) is 18.3 Å². The van der Waals surface area contributed by atoms with Gasteiger partial charge in [0, 0.05) is 24.0 Å². The Hall–Kier alpha value is -1.87. The van der Waals surface area contributed by atoms with E-state index in [2.05, 4.69) is 0 Å². The molecule has 2 rings (SSSR count). The molecule has 0 saturated carbocycles. The molecule has 3 heteroatoms. The number of aliphatic hydroxyl groups excluding tert-OH is 1. The maximum atomic E-state index is 12.6. The van der Waals surface area contributed by atoms with Crippen LogP contribution in [0.15, 0.2) is 47.3 Å². The summed E-state index contributed by atoms with van der Waals surface area (Å²) in [5, 5.41) is 9.29. The lowest BCUT2D eigenvalue weighted by atomic mass is 9.77. The van der Waals surface area contributed by atoms with Crippen molar-refractivity contribution in [1.82, 2.24) is 0 Å². The van der Waals surface area contributed by atoms with Crippen LogP contribution >= 0.6 is 0 Å². The molecular weight excluding hydrogens is 276 g/mol. The van der Waals surface area contributed by atoms with Gasteiger partial charge < -0.3 is 9.52 Å². The summed E-state index contributed by atoms with van der Waals surface area (Å²) < 4.78 is 5.10. The quantitative estimate of drug-likeness (QED) is 0.833. The molecule has 0 spiro atoms. The molecule has 118 valence electrons. The minimum absolute atomic E-state index is 0.0528.